The Bertz CT molecular complexity index is 159. The summed E-state index contributed by atoms with van der Waals surface area (Å²) >= 11 is 2.10. The third-order valence-electron chi connectivity index (χ3n) is 2.64. The van der Waals surface area contributed by atoms with Crippen LogP contribution in [0.15, 0.2) is 0 Å². The van der Waals surface area contributed by atoms with Crippen molar-refractivity contribution < 1.29 is 0 Å². The van der Waals surface area contributed by atoms with Crippen LogP contribution in [0.2, 0.25) is 0 Å². The Morgan fingerprint density at radius 3 is 2.67 bits per heavy atom. The van der Waals surface area contributed by atoms with E-state index in [0.29, 0.717) is 0 Å². The van der Waals surface area contributed by atoms with Crippen LogP contribution in [-0.4, -0.2) is 36.7 Å². The van der Waals surface area contributed by atoms with Crippen LogP contribution in [0.5, 0.6) is 0 Å². The van der Waals surface area contributed by atoms with Crippen molar-refractivity contribution >= 4 is 11.8 Å². The largest absolute Gasteiger partial charge is 0.316 e. The van der Waals surface area contributed by atoms with Gasteiger partial charge in [-0.3, -0.25) is 0 Å². The second-order valence-electron chi connectivity index (χ2n) is 5.46. The van der Waals surface area contributed by atoms with E-state index in [1.54, 1.807) is 0 Å². The molecule has 1 atom stereocenters. The first-order valence-corrected chi connectivity index (χ1v) is 7.27. The minimum absolute atomic E-state index is 0.266. The lowest BCUT2D eigenvalue weighted by Crippen LogP contribution is -2.37. The Labute approximate surface area is 99.0 Å². The van der Waals surface area contributed by atoms with E-state index in [1.165, 1.54) is 30.9 Å². The Balaban J connectivity index is 1.84. The summed E-state index contributed by atoms with van der Waals surface area (Å²) in [4.78, 5) is 0. The average molecular weight is 230 g/mol. The van der Waals surface area contributed by atoms with Gasteiger partial charge in [-0.15, -0.1) is 0 Å². The first-order valence-electron chi connectivity index (χ1n) is 6.11. The zero-order chi connectivity index (χ0) is 11.1. The van der Waals surface area contributed by atoms with Crippen LogP contribution in [-0.2, 0) is 0 Å². The molecule has 0 spiro atoms. The van der Waals surface area contributed by atoms with E-state index in [0.717, 1.165) is 19.0 Å². The van der Waals surface area contributed by atoms with Gasteiger partial charge in [0.1, 0.15) is 0 Å². The molecule has 1 aliphatic rings. The van der Waals surface area contributed by atoms with Crippen molar-refractivity contribution in [3.8, 4) is 0 Å². The predicted octanol–water partition coefficient (Wildman–Crippen LogP) is 2.11. The number of hydrogen-bond acceptors (Lipinski definition) is 3. The molecule has 1 unspecified atom stereocenters. The molecule has 0 saturated carbocycles. The fourth-order valence-corrected chi connectivity index (χ4v) is 3.01. The van der Waals surface area contributed by atoms with Crippen molar-refractivity contribution in [1.29, 1.82) is 0 Å². The first kappa shape index (κ1) is 13.3. The minimum Gasteiger partial charge on any atom is -0.316 e. The number of rotatable bonds is 6. The summed E-state index contributed by atoms with van der Waals surface area (Å²) in [6.45, 7) is 10.2. The van der Waals surface area contributed by atoms with Gasteiger partial charge in [-0.1, -0.05) is 0 Å². The molecule has 0 aliphatic carbocycles. The molecule has 0 aromatic carbocycles. The summed E-state index contributed by atoms with van der Waals surface area (Å²) < 4.78 is 0. The molecule has 1 heterocycles. The van der Waals surface area contributed by atoms with Crippen LogP contribution < -0.4 is 10.6 Å². The van der Waals surface area contributed by atoms with E-state index in [-0.39, 0.29) is 5.54 Å². The lowest BCUT2D eigenvalue weighted by Gasteiger charge is -2.20. The van der Waals surface area contributed by atoms with Gasteiger partial charge in [0.15, 0.2) is 0 Å². The smallest absolute Gasteiger partial charge is 0.00965 e. The highest BCUT2D eigenvalue weighted by Crippen LogP contribution is 2.22. The van der Waals surface area contributed by atoms with E-state index < -0.39 is 0 Å². The highest BCUT2D eigenvalue weighted by atomic mass is 32.2. The number of thioether (sulfide) groups is 1. The van der Waals surface area contributed by atoms with Crippen molar-refractivity contribution in [2.45, 2.75) is 39.2 Å². The van der Waals surface area contributed by atoms with Crippen LogP contribution in [0.25, 0.3) is 0 Å². The second-order valence-corrected chi connectivity index (χ2v) is 6.61. The third-order valence-corrected chi connectivity index (χ3v) is 3.87. The molecule has 0 amide bonds. The minimum atomic E-state index is 0.266. The van der Waals surface area contributed by atoms with Gasteiger partial charge >= 0.3 is 0 Å². The lowest BCUT2D eigenvalue weighted by atomic mass is 10.1. The summed E-state index contributed by atoms with van der Waals surface area (Å²) in [6.07, 6.45) is 2.65. The molecule has 1 rings (SSSR count). The zero-order valence-electron chi connectivity index (χ0n) is 10.4. The summed E-state index contributed by atoms with van der Waals surface area (Å²) in [5, 5.41) is 7.07. The van der Waals surface area contributed by atoms with E-state index in [1.807, 2.05) is 0 Å². The maximum absolute atomic E-state index is 3.56. The number of nitrogens with one attached hydrogen (secondary N) is 2. The van der Waals surface area contributed by atoms with Gasteiger partial charge in [-0.05, 0) is 70.7 Å². The molecule has 0 bridgehead atoms. The fourth-order valence-electron chi connectivity index (χ4n) is 1.73. The topological polar surface area (TPSA) is 24.1 Å². The summed E-state index contributed by atoms with van der Waals surface area (Å²) in [7, 11) is 0. The number of hydrogen-bond donors (Lipinski definition) is 2. The summed E-state index contributed by atoms with van der Waals surface area (Å²) in [5.41, 5.74) is 0.266. The fraction of sp³-hybridized carbons (Fsp3) is 1.00. The Morgan fingerprint density at radius 2 is 2.07 bits per heavy atom. The third kappa shape index (κ3) is 7.20. The normalized spacial score (nSPS) is 22.2. The van der Waals surface area contributed by atoms with Crippen LogP contribution in [0, 0.1) is 5.92 Å². The quantitative estimate of drug-likeness (QED) is 0.684. The molecular weight excluding hydrogens is 204 g/mol. The van der Waals surface area contributed by atoms with E-state index >= 15 is 0 Å². The average Bonchev–Trinajstić information content (AvgIpc) is 2.61. The van der Waals surface area contributed by atoms with Crippen molar-refractivity contribution in [2.24, 2.45) is 5.92 Å². The van der Waals surface area contributed by atoms with Gasteiger partial charge in [0, 0.05) is 5.54 Å². The molecule has 0 aromatic rings. The van der Waals surface area contributed by atoms with E-state index in [4.69, 9.17) is 0 Å². The Kier molecular flexibility index (Phi) is 6.02. The van der Waals surface area contributed by atoms with Crippen molar-refractivity contribution in [2.75, 3.05) is 31.1 Å². The van der Waals surface area contributed by atoms with Crippen LogP contribution in [0.1, 0.15) is 33.6 Å². The molecule has 0 aromatic heterocycles. The van der Waals surface area contributed by atoms with Crippen LogP contribution >= 0.6 is 11.8 Å². The van der Waals surface area contributed by atoms with Crippen molar-refractivity contribution in [1.82, 2.24) is 10.6 Å². The zero-order valence-corrected chi connectivity index (χ0v) is 11.3. The van der Waals surface area contributed by atoms with Gasteiger partial charge in [-0.2, -0.15) is 11.8 Å². The monoisotopic (exact) mass is 230 g/mol. The Morgan fingerprint density at radius 1 is 1.27 bits per heavy atom. The molecule has 3 heteroatoms. The maximum Gasteiger partial charge on any atom is 0.00965 e. The molecular formula is C12H26N2S. The van der Waals surface area contributed by atoms with Gasteiger partial charge in [0.25, 0.3) is 0 Å². The molecule has 2 N–H and O–H groups in total. The summed E-state index contributed by atoms with van der Waals surface area (Å²) in [5.74, 6) is 3.68. The SMILES string of the molecule is CC(C)(C)NCCCNCC1CCSC1. The highest BCUT2D eigenvalue weighted by Gasteiger charge is 2.14. The Hall–Kier alpha value is 0.270. The standard InChI is InChI=1S/C12H26N2S/c1-12(2,3)14-7-4-6-13-9-11-5-8-15-10-11/h11,13-14H,4-10H2,1-3H3. The maximum atomic E-state index is 3.56. The summed E-state index contributed by atoms with van der Waals surface area (Å²) in [6, 6.07) is 0. The van der Waals surface area contributed by atoms with Gasteiger partial charge < -0.3 is 10.6 Å². The van der Waals surface area contributed by atoms with Crippen LogP contribution in [0.4, 0.5) is 0 Å². The lowest BCUT2D eigenvalue weighted by molar-refractivity contribution is 0.415. The van der Waals surface area contributed by atoms with Crippen LogP contribution in [0.3, 0.4) is 0 Å². The molecule has 15 heavy (non-hydrogen) atoms. The van der Waals surface area contributed by atoms with E-state index in [2.05, 4.69) is 43.2 Å². The molecule has 90 valence electrons. The second kappa shape index (κ2) is 6.77. The molecule has 1 fully saturated rings. The molecule has 1 aliphatic heterocycles. The van der Waals surface area contributed by atoms with E-state index in [9.17, 15) is 0 Å². The highest BCUT2D eigenvalue weighted by molar-refractivity contribution is 7.99. The van der Waals surface area contributed by atoms with Gasteiger partial charge in [-0.25, -0.2) is 0 Å². The molecule has 1 saturated heterocycles. The van der Waals surface area contributed by atoms with Gasteiger partial charge in [0.2, 0.25) is 0 Å². The van der Waals surface area contributed by atoms with Gasteiger partial charge in [0.05, 0.1) is 0 Å². The molecule has 0 radical (unpaired) electrons. The van der Waals surface area contributed by atoms with Crippen molar-refractivity contribution in [3.63, 3.8) is 0 Å². The van der Waals surface area contributed by atoms with Crippen molar-refractivity contribution in [3.05, 3.63) is 0 Å². The molecule has 2 nitrogen and oxygen atoms in total. The first-order chi connectivity index (χ1) is 7.08. The predicted molar refractivity (Wildman–Crippen MR) is 70.7 cm³/mol.